The fraction of sp³-hybridized carbons (Fsp3) is 0.0952. The first-order valence-corrected chi connectivity index (χ1v) is 12.0. The minimum atomic E-state index is -3.96. The summed E-state index contributed by atoms with van der Waals surface area (Å²) in [4.78, 5) is 3.99. The highest BCUT2D eigenvalue weighted by molar-refractivity contribution is 7.96. The lowest BCUT2D eigenvalue weighted by atomic mass is 10.1. The van der Waals surface area contributed by atoms with Gasteiger partial charge in [0.2, 0.25) is 0 Å². The van der Waals surface area contributed by atoms with Crippen LogP contribution in [0, 0.1) is 0 Å². The van der Waals surface area contributed by atoms with Gasteiger partial charge in [-0.25, -0.2) is 8.42 Å². The number of sulfonamides is 1. The first kappa shape index (κ1) is 22.2. The number of aromatic nitrogens is 1. The third-order valence-corrected chi connectivity index (χ3v) is 7.12. The molecule has 1 aliphatic rings. The van der Waals surface area contributed by atoms with Crippen LogP contribution in [0.2, 0.25) is 10.0 Å². The molecule has 31 heavy (non-hydrogen) atoms. The van der Waals surface area contributed by atoms with Gasteiger partial charge >= 0.3 is 0 Å². The molecule has 1 heterocycles. The quantitative estimate of drug-likeness (QED) is 0.401. The van der Waals surface area contributed by atoms with Crippen molar-refractivity contribution in [3.05, 3.63) is 87.0 Å². The number of ether oxygens (including phenoxy) is 1. The molecule has 1 N–H and O–H groups in total. The van der Waals surface area contributed by atoms with Gasteiger partial charge < -0.3 is 4.74 Å². The molecule has 0 radical (unpaired) electrons. The summed E-state index contributed by atoms with van der Waals surface area (Å²) >= 11 is 24.8. The van der Waals surface area contributed by atoms with Crippen LogP contribution in [0.5, 0.6) is 5.75 Å². The van der Waals surface area contributed by atoms with E-state index in [-0.39, 0.29) is 15.0 Å². The highest BCUT2D eigenvalue weighted by Crippen LogP contribution is 2.35. The van der Waals surface area contributed by atoms with E-state index in [4.69, 9.17) is 51.1 Å². The molecule has 10 heteroatoms. The predicted molar refractivity (Wildman–Crippen MR) is 127 cm³/mol. The number of nitrogens with one attached hydrogen (secondary N) is 1. The number of hydrogen-bond donors (Lipinski definition) is 1. The zero-order valence-electron chi connectivity index (χ0n) is 15.6. The van der Waals surface area contributed by atoms with Gasteiger partial charge in [0.25, 0.3) is 10.0 Å². The summed E-state index contributed by atoms with van der Waals surface area (Å²) in [5.74, 6) is 0.329. The van der Waals surface area contributed by atoms with Crippen LogP contribution in [-0.4, -0.2) is 24.9 Å². The van der Waals surface area contributed by atoms with Crippen molar-refractivity contribution in [1.82, 2.24) is 4.98 Å². The minimum absolute atomic E-state index is 0.0642. The summed E-state index contributed by atoms with van der Waals surface area (Å²) in [6, 6.07) is 11.7. The highest BCUT2D eigenvalue weighted by atomic mass is 35.5. The molecular weight excluding hydrogens is 502 g/mol. The highest BCUT2D eigenvalue weighted by Gasteiger charge is 2.32. The molecule has 2 aromatic carbocycles. The molecule has 0 saturated carbocycles. The predicted octanol–water partition coefficient (Wildman–Crippen LogP) is 6.36. The van der Waals surface area contributed by atoms with Crippen molar-refractivity contribution in [3.8, 4) is 5.75 Å². The van der Waals surface area contributed by atoms with Crippen molar-refractivity contribution in [1.29, 1.82) is 0 Å². The lowest BCUT2D eigenvalue weighted by Crippen LogP contribution is -2.31. The van der Waals surface area contributed by atoms with E-state index in [1.165, 1.54) is 18.2 Å². The van der Waals surface area contributed by atoms with E-state index in [1.807, 2.05) is 6.07 Å². The minimum Gasteiger partial charge on any atom is -0.481 e. The Morgan fingerprint density at radius 1 is 1.06 bits per heavy atom. The van der Waals surface area contributed by atoms with E-state index in [1.54, 1.807) is 42.7 Å². The number of halogens is 4. The average Bonchev–Trinajstić information content (AvgIpc) is 2.72. The Kier molecular flexibility index (Phi) is 6.37. The van der Waals surface area contributed by atoms with E-state index in [2.05, 4.69) is 9.71 Å². The number of benzene rings is 2. The Labute approximate surface area is 199 Å². The smallest absolute Gasteiger partial charge is 0.261 e. The van der Waals surface area contributed by atoms with Crippen LogP contribution in [0.4, 0.5) is 5.69 Å². The number of alkyl halides is 1. The second kappa shape index (κ2) is 8.88. The molecule has 2 atom stereocenters. The van der Waals surface area contributed by atoms with Crippen molar-refractivity contribution in [2.45, 2.75) is 11.5 Å². The summed E-state index contributed by atoms with van der Waals surface area (Å²) < 4.78 is 34.4. The van der Waals surface area contributed by atoms with Crippen molar-refractivity contribution in [3.63, 3.8) is 0 Å². The summed E-state index contributed by atoms with van der Waals surface area (Å²) in [5.41, 5.74) is 0.419. The molecule has 0 spiro atoms. The van der Waals surface area contributed by atoms with E-state index < -0.39 is 21.5 Å². The number of hydrogen-bond acceptors (Lipinski definition) is 4. The van der Waals surface area contributed by atoms with E-state index >= 15 is 0 Å². The monoisotopic (exact) mass is 514 g/mol. The number of pyridine rings is 1. The average molecular weight is 516 g/mol. The standard InChI is InChI=1S/C21H14Cl4N2O3S/c22-13-4-5-20(16(23)8-13)30-21-17(24)9-14(10-18(21)25)31(28,29)27-19-3-1-2-12-11-26-7-6-15(12)19/h1-11,17,21,27H. The molecule has 0 aliphatic heterocycles. The van der Waals surface area contributed by atoms with Crippen molar-refractivity contribution < 1.29 is 13.2 Å². The van der Waals surface area contributed by atoms with Gasteiger partial charge in [0.1, 0.15) is 5.75 Å². The summed E-state index contributed by atoms with van der Waals surface area (Å²) in [5, 5.41) is 1.53. The normalized spacial score (nSPS) is 19.0. The van der Waals surface area contributed by atoms with Gasteiger partial charge in [-0.3, -0.25) is 9.71 Å². The van der Waals surface area contributed by atoms with Crippen molar-refractivity contribution >= 4 is 72.9 Å². The second-order valence-electron chi connectivity index (χ2n) is 6.66. The maximum atomic E-state index is 13.0. The molecule has 1 aliphatic carbocycles. The first-order valence-electron chi connectivity index (χ1n) is 8.95. The first-order chi connectivity index (χ1) is 14.7. The molecule has 0 bridgehead atoms. The van der Waals surface area contributed by atoms with Crippen LogP contribution in [0.25, 0.3) is 10.8 Å². The van der Waals surface area contributed by atoms with Gasteiger partial charge in [0.05, 0.1) is 26.0 Å². The van der Waals surface area contributed by atoms with Gasteiger partial charge in [-0.05, 0) is 42.5 Å². The summed E-state index contributed by atoms with van der Waals surface area (Å²) in [6.45, 7) is 0. The van der Waals surface area contributed by atoms with Gasteiger partial charge in [0, 0.05) is 28.2 Å². The Hall–Kier alpha value is -1.96. The number of fused-ring (bicyclic) bond motifs is 1. The van der Waals surface area contributed by atoms with E-state index in [9.17, 15) is 8.42 Å². The Balaban J connectivity index is 1.59. The lowest BCUT2D eigenvalue weighted by molar-refractivity contribution is 0.250. The molecule has 4 rings (SSSR count). The zero-order valence-corrected chi connectivity index (χ0v) is 19.4. The Morgan fingerprint density at radius 2 is 1.87 bits per heavy atom. The Bertz CT molecular complexity index is 1320. The van der Waals surface area contributed by atoms with Crippen molar-refractivity contribution in [2.75, 3.05) is 4.72 Å². The maximum absolute atomic E-state index is 13.0. The lowest BCUT2D eigenvalue weighted by Gasteiger charge is -2.26. The fourth-order valence-corrected chi connectivity index (χ4v) is 5.54. The SMILES string of the molecule is O=S(=O)(Nc1cccc2cnccc12)C1=CC(Cl)C(Oc2ccc(Cl)cc2Cl)C(Cl)=C1. The molecule has 0 saturated heterocycles. The van der Waals surface area contributed by atoms with Crippen molar-refractivity contribution in [2.24, 2.45) is 0 Å². The Morgan fingerprint density at radius 3 is 2.61 bits per heavy atom. The molecule has 0 fully saturated rings. The molecule has 2 unspecified atom stereocenters. The third-order valence-electron chi connectivity index (χ3n) is 4.55. The number of nitrogens with zero attached hydrogens (tertiary/aromatic N) is 1. The van der Waals surface area contributed by atoms with E-state index in [0.717, 1.165) is 5.39 Å². The zero-order chi connectivity index (χ0) is 22.2. The largest absolute Gasteiger partial charge is 0.481 e. The molecule has 0 amide bonds. The summed E-state index contributed by atoms with van der Waals surface area (Å²) in [6.07, 6.45) is 5.11. The van der Waals surface area contributed by atoms with Gasteiger partial charge in [-0.15, -0.1) is 11.6 Å². The van der Waals surface area contributed by atoms with Gasteiger partial charge in [0.15, 0.2) is 6.10 Å². The topological polar surface area (TPSA) is 68.3 Å². The van der Waals surface area contributed by atoms with Crippen LogP contribution in [0.3, 0.4) is 0 Å². The molecular formula is C21H14Cl4N2O3S. The molecule has 160 valence electrons. The van der Waals surface area contributed by atoms with Gasteiger partial charge in [-0.1, -0.05) is 46.9 Å². The number of rotatable bonds is 5. The molecule has 1 aromatic heterocycles. The fourth-order valence-electron chi connectivity index (χ4n) is 3.07. The van der Waals surface area contributed by atoms with Crippen LogP contribution in [0.1, 0.15) is 0 Å². The van der Waals surface area contributed by atoms with Gasteiger partial charge in [-0.2, -0.15) is 0 Å². The summed E-state index contributed by atoms with van der Waals surface area (Å²) in [7, 11) is -3.96. The second-order valence-corrected chi connectivity index (χ2v) is 10.1. The van der Waals surface area contributed by atoms with E-state index in [0.29, 0.717) is 21.8 Å². The molecule has 5 nitrogen and oxygen atoms in total. The number of anilines is 1. The molecule has 3 aromatic rings. The van der Waals surface area contributed by atoms with Crippen LogP contribution in [0.15, 0.2) is 76.9 Å². The van der Waals surface area contributed by atoms with Crippen LogP contribution < -0.4 is 9.46 Å². The third kappa shape index (κ3) is 4.78. The van der Waals surface area contributed by atoms with Crippen LogP contribution >= 0.6 is 46.4 Å². The van der Waals surface area contributed by atoms with Crippen LogP contribution in [-0.2, 0) is 10.0 Å². The maximum Gasteiger partial charge on any atom is 0.261 e. The number of allylic oxidation sites excluding steroid dienone is 1.